The van der Waals surface area contributed by atoms with Crippen molar-refractivity contribution in [2.75, 3.05) is 31.1 Å². The number of nitriles is 1. The van der Waals surface area contributed by atoms with Gasteiger partial charge in [-0.05, 0) is 47.0 Å². The third-order valence-electron chi connectivity index (χ3n) is 7.87. The molecule has 2 aliphatic rings. The summed E-state index contributed by atoms with van der Waals surface area (Å²) in [4.78, 5) is 28.9. The number of hydrogen-bond donors (Lipinski definition) is 1. The van der Waals surface area contributed by atoms with Gasteiger partial charge in [0.05, 0.1) is 34.2 Å². The van der Waals surface area contributed by atoms with Crippen LogP contribution >= 0.6 is 0 Å². The van der Waals surface area contributed by atoms with E-state index in [0.29, 0.717) is 47.8 Å². The molecule has 1 fully saturated rings. The molecule has 7 nitrogen and oxygen atoms in total. The summed E-state index contributed by atoms with van der Waals surface area (Å²) >= 11 is 0. The van der Waals surface area contributed by atoms with E-state index >= 15 is 4.39 Å². The number of nitrogens with one attached hydrogen (secondary N) is 1. The summed E-state index contributed by atoms with van der Waals surface area (Å²) in [5, 5.41) is 13.0. The standard InChI is InChI=1S/C32H24FN5O2/c33-25-16-24-27(17-28(25)36-14-11-35-12-15-36)38(30-26-6-3-13-37(26)32(40)29(30)31(24)39)19-20-7-9-21(10-8-20)23-5-2-1-4-22(23)18-34/h1-10,13,16-17,35H,11-12,14-15,19H2. The Morgan fingerprint density at radius 1 is 0.950 bits per heavy atom. The van der Waals surface area contributed by atoms with Gasteiger partial charge in [-0.3, -0.25) is 14.2 Å². The third kappa shape index (κ3) is 3.67. The van der Waals surface area contributed by atoms with Crippen LogP contribution < -0.4 is 15.6 Å². The van der Waals surface area contributed by atoms with E-state index in [-0.39, 0.29) is 10.9 Å². The topological polar surface area (TPSA) is 83.1 Å². The Labute approximate surface area is 229 Å². The second-order valence-electron chi connectivity index (χ2n) is 10.1. The molecule has 5 aromatic rings. The number of carbonyl (C=O) groups excluding carboxylic acids is 1. The van der Waals surface area contributed by atoms with Crippen molar-refractivity contribution < 1.29 is 9.18 Å². The Balaban J connectivity index is 1.41. The number of pyridine rings is 1. The van der Waals surface area contributed by atoms with E-state index in [2.05, 4.69) is 11.4 Å². The van der Waals surface area contributed by atoms with Crippen LogP contribution in [0.25, 0.3) is 33.4 Å². The fourth-order valence-corrected chi connectivity index (χ4v) is 5.91. The molecule has 2 aromatic heterocycles. The highest BCUT2D eigenvalue weighted by atomic mass is 19.1. The summed E-state index contributed by atoms with van der Waals surface area (Å²) in [5.41, 5.74) is 5.15. The fraction of sp³-hybridized carbons (Fsp3) is 0.156. The van der Waals surface area contributed by atoms with Crippen LogP contribution in [0, 0.1) is 17.1 Å². The van der Waals surface area contributed by atoms with Crippen LogP contribution in [-0.2, 0) is 6.54 Å². The Kier molecular flexibility index (Phi) is 5.61. The summed E-state index contributed by atoms with van der Waals surface area (Å²) in [5.74, 6) is -0.866. The molecule has 196 valence electrons. The molecule has 0 aliphatic carbocycles. The van der Waals surface area contributed by atoms with Crippen molar-refractivity contribution in [1.29, 1.82) is 5.26 Å². The van der Waals surface area contributed by atoms with E-state index in [1.807, 2.05) is 58.0 Å². The number of anilines is 1. The molecular formula is C32H24FN5O2. The predicted octanol–water partition coefficient (Wildman–Crippen LogP) is 4.61. The summed E-state index contributed by atoms with van der Waals surface area (Å²) in [6.45, 7) is 3.18. The van der Waals surface area contributed by atoms with Gasteiger partial charge >= 0.3 is 0 Å². The summed E-state index contributed by atoms with van der Waals surface area (Å²) < 4.78 is 18.9. The van der Waals surface area contributed by atoms with Gasteiger partial charge in [0.25, 0.3) is 5.91 Å². The van der Waals surface area contributed by atoms with Gasteiger partial charge < -0.3 is 14.8 Å². The van der Waals surface area contributed by atoms with Crippen molar-refractivity contribution in [2.24, 2.45) is 0 Å². The molecule has 0 radical (unpaired) electrons. The average Bonchev–Trinajstić information content (AvgIpc) is 3.58. The Hall–Kier alpha value is -5.00. The smallest absolute Gasteiger partial charge is 0.268 e. The lowest BCUT2D eigenvalue weighted by Gasteiger charge is -2.30. The minimum Gasteiger partial charge on any atom is -0.367 e. The van der Waals surface area contributed by atoms with Crippen LogP contribution in [0.5, 0.6) is 0 Å². The number of nitrogens with zero attached hydrogens (tertiary/aromatic N) is 4. The van der Waals surface area contributed by atoms with Crippen molar-refractivity contribution in [2.45, 2.75) is 6.54 Å². The molecule has 8 heteroatoms. The molecule has 0 atom stereocenters. The van der Waals surface area contributed by atoms with Crippen LogP contribution in [0.4, 0.5) is 10.1 Å². The molecular weight excluding hydrogens is 505 g/mol. The zero-order valence-corrected chi connectivity index (χ0v) is 21.5. The van der Waals surface area contributed by atoms with Gasteiger partial charge in [-0.25, -0.2) is 4.39 Å². The maximum Gasteiger partial charge on any atom is 0.268 e. The van der Waals surface area contributed by atoms with E-state index < -0.39 is 17.2 Å². The first-order valence-corrected chi connectivity index (χ1v) is 13.2. The zero-order valence-electron chi connectivity index (χ0n) is 21.5. The normalized spacial score (nSPS) is 14.3. The van der Waals surface area contributed by atoms with Crippen LogP contribution in [-0.4, -0.2) is 41.2 Å². The fourth-order valence-electron chi connectivity index (χ4n) is 5.91. The number of piperazine rings is 1. The highest BCUT2D eigenvalue weighted by molar-refractivity contribution is 6.10. The van der Waals surface area contributed by atoms with Gasteiger partial charge in [-0.1, -0.05) is 42.5 Å². The molecule has 4 heterocycles. The lowest BCUT2D eigenvalue weighted by molar-refractivity contribution is 0.0968. The monoisotopic (exact) mass is 529 g/mol. The molecule has 1 saturated heterocycles. The van der Waals surface area contributed by atoms with Crippen LogP contribution in [0.15, 0.2) is 83.8 Å². The Bertz CT molecular complexity index is 1920. The number of fused-ring (bicyclic) bond motifs is 4. The van der Waals surface area contributed by atoms with Crippen molar-refractivity contribution in [3.63, 3.8) is 0 Å². The van der Waals surface area contributed by atoms with E-state index in [4.69, 9.17) is 0 Å². The lowest BCUT2D eigenvalue weighted by atomic mass is 9.99. The van der Waals surface area contributed by atoms with E-state index in [9.17, 15) is 14.9 Å². The molecule has 0 bridgehead atoms. The van der Waals surface area contributed by atoms with Crippen LogP contribution in [0.3, 0.4) is 0 Å². The van der Waals surface area contributed by atoms with Gasteiger partial charge in [-0.15, -0.1) is 0 Å². The largest absolute Gasteiger partial charge is 0.367 e. The number of hydrogen-bond acceptors (Lipinski definition) is 5. The van der Waals surface area contributed by atoms with Crippen molar-refractivity contribution >= 4 is 22.5 Å². The molecule has 0 saturated carbocycles. The average molecular weight is 530 g/mol. The van der Waals surface area contributed by atoms with Gasteiger partial charge in [0.1, 0.15) is 11.4 Å². The second kappa shape index (κ2) is 9.33. The van der Waals surface area contributed by atoms with Gasteiger partial charge in [0.2, 0.25) is 5.43 Å². The van der Waals surface area contributed by atoms with Gasteiger partial charge in [0.15, 0.2) is 0 Å². The van der Waals surface area contributed by atoms with Crippen LogP contribution in [0.2, 0.25) is 0 Å². The summed E-state index contributed by atoms with van der Waals surface area (Å²) in [6, 6.07) is 24.3. The molecule has 2 aliphatic heterocycles. The first-order chi connectivity index (χ1) is 19.5. The van der Waals surface area contributed by atoms with Gasteiger partial charge in [0, 0.05) is 44.3 Å². The zero-order chi connectivity index (χ0) is 27.4. The molecule has 3 aromatic carbocycles. The summed E-state index contributed by atoms with van der Waals surface area (Å²) in [7, 11) is 0. The van der Waals surface area contributed by atoms with Crippen LogP contribution in [0.1, 0.15) is 21.5 Å². The number of aromatic nitrogens is 2. The van der Waals surface area contributed by atoms with Crippen molar-refractivity contribution in [3.05, 3.63) is 112 Å². The Morgan fingerprint density at radius 2 is 1.73 bits per heavy atom. The predicted molar refractivity (Wildman–Crippen MR) is 152 cm³/mol. The molecule has 0 amide bonds. The minimum absolute atomic E-state index is 0.0667. The number of carbonyl (C=O) groups is 1. The molecule has 40 heavy (non-hydrogen) atoms. The highest BCUT2D eigenvalue weighted by Crippen LogP contribution is 2.36. The molecule has 1 N–H and O–H groups in total. The minimum atomic E-state index is -0.469. The third-order valence-corrected chi connectivity index (χ3v) is 7.87. The summed E-state index contributed by atoms with van der Waals surface area (Å²) in [6.07, 6.45) is 1.65. The van der Waals surface area contributed by atoms with E-state index in [1.54, 1.807) is 24.4 Å². The first kappa shape index (κ1) is 24.1. The number of halogens is 1. The first-order valence-electron chi connectivity index (χ1n) is 13.2. The maximum absolute atomic E-state index is 15.4. The molecule has 7 rings (SSSR count). The maximum atomic E-state index is 15.4. The van der Waals surface area contributed by atoms with Crippen molar-refractivity contribution in [3.8, 4) is 28.6 Å². The SMILES string of the molecule is N#Cc1ccccc1-c1ccc(Cn2c3c(c(=O)c4cc(F)c(N5CCNCC5)cc42)C(=O)n2cccc2-3)cc1. The number of rotatable bonds is 4. The van der Waals surface area contributed by atoms with Gasteiger partial charge in [-0.2, -0.15) is 5.26 Å². The van der Waals surface area contributed by atoms with E-state index in [0.717, 1.165) is 29.8 Å². The number of benzene rings is 3. The highest BCUT2D eigenvalue weighted by Gasteiger charge is 2.33. The molecule has 0 unspecified atom stereocenters. The lowest BCUT2D eigenvalue weighted by Crippen LogP contribution is -2.43. The molecule has 0 spiro atoms. The van der Waals surface area contributed by atoms with Crippen molar-refractivity contribution in [1.82, 2.24) is 14.5 Å². The Morgan fingerprint density at radius 3 is 2.50 bits per heavy atom. The second-order valence-corrected chi connectivity index (χ2v) is 10.1. The van der Waals surface area contributed by atoms with E-state index in [1.165, 1.54) is 10.6 Å². The quantitative estimate of drug-likeness (QED) is 0.361.